The van der Waals surface area contributed by atoms with Gasteiger partial charge in [-0.25, -0.2) is 17.2 Å². The molecule has 0 aliphatic rings. The summed E-state index contributed by atoms with van der Waals surface area (Å²) in [6.07, 6.45) is 0. The molecule has 1 unspecified atom stereocenters. The summed E-state index contributed by atoms with van der Waals surface area (Å²) >= 11 is 0. The van der Waals surface area contributed by atoms with E-state index in [9.17, 15) is 17.2 Å². The monoisotopic (exact) mass is 265 g/mol. The number of rotatable bonds is 4. The molecule has 0 saturated carbocycles. The first-order valence-corrected chi connectivity index (χ1v) is 6.28. The molecule has 1 atom stereocenters. The maximum Gasteiger partial charge on any atom is 0.243 e. The molecule has 0 fully saturated rings. The van der Waals surface area contributed by atoms with Crippen molar-refractivity contribution in [3.05, 3.63) is 29.8 Å². The number of sulfonamides is 1. The zero-order chi connectivity index (χ0) is 13.2. The summed E-state index contributed by atoms with van der Waals surface area (Å²) < 4.78 is 50.6. The van der Waals surface area contributed by atoms with Crippen molar-refractivity contribution in [1.82, 2.24) is 4.31 Å². The van der Waals surface area contributed by atoms with Gasteiger partial charge in [-0.1, -0.05) is 0 Å². The van der Waals surface area contributed by atoms with Crippen LogP contribution in [-0.2, 0) is 10.0 Å². The van der Waals surface area contributed by atoms with E-state index in [-0.39, 0.29) is 6.61 Å². The van der Waals surface area contributed by atoms with Gasteiger partial charge >= 0.3 is 0 Å². The lowest BCUT2D eigenvalue weighted by Gasteiger charge is -2.22. The van der Waals surface area contributed by atoms with Gasteiger partial charge < -0.3 is 5.11 Å². The van der Waals surface area contributed by atoms with Crippen LogP contribution in [0.2, 0.25) is 0 Å². The summed E-state index contributed by atoms with van der Waals surface area (Å²) in [7, 11) is -2.77. The normalized spacial score (nSPS) is 14.0. The van der Waals surface area contributed by atoms with E-state index in [4.69, 9.17) is 5.11 Å². The molecule has 1 aromatic rings. The fraction of sp³-hybridized carbons (Fsp3) is 0.400. The van der Waals surface area contributed by atoms with Crippen LogP contribution in [0.15, 0.2) is 23.1 Å². The van der Waals surface area contributed by atoms with Crippen LogP contribution in [0.25, 0.3) is 0 Å². The maximum absolute atomic E-state index is 12.9. The Hall–Kier alpha value is -1.05. The Morgan fingerprint density at radius 3 is 2.18 bits per heavy atom. The molecule has 1 N–H and O–H groups in total. The predicted octanol–water partition coefficient (Wildman–Crippen LogP) is 0.966. The third-order valence-corrected chi connectivity index (χ3v) is 4.35. The number of aliphatic hydroxyl groups is 1. The minimum atomic E-state index is -4.00. The van der Waals surface area contributed by atoms with Crippen molar-refractivity contribution in [3.8, 4) is 0 Å². The van der Waals surface area contributed by atoms with Gasteiger partial charge in [0.15, 0.2) is 0 Å². The van der Waals surface area contributed by atoms with Gasteiger partial charge in [0.1, 0.15) is 11.6 Å². The first-order valence-electron chi connectivity index (χ1n) is 4.84. The molecule has 0 bridgehead atoms. The van der Waals surface area contributed by atoms with Crippen molar-refractivity contribution in [3.63, 3.8) is 0 Å². The maximum atomic E-state index is 12.9. The van der Waals surface area contributed by atoms with E-state index in [1.54, 1.807) is 0 Å². The summed E-state index contributed by atoms with van der Waals surface area (Å²) in [5.74, 6) is -1.93. The Morgan fingerprint density at radius 1 is 1.29 bits per heavy atom. The average molecular weight is 265 g/mol. The van der Waals surface area contributed by atoms with Crippen molar-refractivity contribution in [2.24, 2.45) is 0 Å². The third-order valence-electron chi connectivity index (χ3n) is 2.40. The summed E-state index contributed by atoms with van der Waals surface area (Å²) in [6, 6.07) is 1.39. The van der Waals surface area contributed by atoms with Gasteiger partial charge in [-0.05, 0) is 19.1 Å². The second kappa shape index (κ2) is 5.07. The molecular formula is C10H13F2NO3S. The molecule has 0 aliphatic carbocycles. The molecule has 0 saturated heterocycles. The Bertz CT molecular complexity index is 484. The zero-order valence-corrected chi connectivity index (χ0v) is 10.2. The van der Waals surface area contributed by atoms with E-state index in [1.165, 1.54) is 14.0 Å². The van der Waals surface area contributed by atoms with Gasteiger partial charge in [-0.2, -0.15) is 4.31 Å². The van der Waals surface area contributed by atoms with Gasteiger partial charge in [-0.3, -0.25) is 0 Å². The minimum Gasteiger partial charge on any atom is -0.395 e. The number of halogens is 2. The fourth-order valence-corrected chi connectivity index (χ4v) is 2.59. The number of hydrogen-bond acceptors (Lipinski definition) is 3. The van der Waals surface area contributed by atoms with E-state index < -0.39 is 32.6 Å². The molecule has 0 radical (unpaired) electrons. The lowest BCUT2D eigenvalue weighted by molar-refractivity contribution is 0.214. The molecule has 0 aliphatic heterocycles. The van der Waals surface area contributed by atoms with Gasteiger partial charge in [-0.15, -0.1) is 0 Å². The first kappa shape index (κ1) is 14.0. The van der Waals surface area contributed by atoms with Crippen molar-refractivity contribution in [2.75, 3.05) is 13.7 Å². The van der Waals surface area contributed by atoms with E-state index in [2.05, 4.69) is 0 Å². The second-order valence-corrected chi connectivity index (χ2v) is 5.66. The van der Waals surface area contributed by atoms with Crippen molar-refractivity contribution >= 4 is 10.0 Å². The van der Waals surface area contributed by atoms with Gasteiger partial charge in [0.2, 0.25) is 10.0 Å². The van der Waals surface area contributed by atoms with Gasteiger partial charge in [0, 0.05) is 19.2 Å². The highest BCUT2D eigenvalue weighted by Crippen LogP contribution is 2.18. The highest BCUT2D eigenvalue weighted by Gasteiger charge is 2.25. The number of likely N-dealkylation sites (N-methyl/N-ethyl adjacent to an activating group) is 1. The SMILES string of the molecule is CC(CO)N(C)S(=O)(=O)c1cc(F)cc(F)c1. The van der Waals surface area contributed by atoms with Crippen LogP contribution in [0.5, 0.6) is 0 Å². The summed E-state index contributed by atoms with van der Waals surface area (Å²) in [6.45, 7) is 1.10. The Balaban J connectivity index is 3.22. The average Bonchev–Trinajstić information content (AvgIpc) is 2.25. The summed E-state index contributed by atoms with van der Waals surface area (Å²) in [5.41, 5.74) is 0. The summed E-state index contributed by atoms with van der Waals surface area (Å²) in [5, 5.41) is 8.87. The lowest BCUT2D eigenvalue weighted by Crippen LogP contribution is -2.37. The molecular weight excluding hydrogens is 252 g/mol. The zero-order valence-electron chi connectivity index (χ0n) is 9.39. The predicted molar refractivity (Wildman–Crippen MR) is 57.9 cm³/mol. The van der Waals surface area contributed by atoms with Crippen LogP contribution in [0.3, 0.4) is 0 Å². The molecule has 1 aromatic carbocycles. The van der Waals surface area contributed by atoms with E-state index >= 15 is 0 Å². The highest BCUT2D eigenvalue weighted by atomic mass is 32.2. The first-order chi connectivity index (χ1) is 7.78. The molecule has 0 spiro atoms. The molecule has 0 amide bonds. The topological polar surface area (TPSA) is 57.6 Å². The molecule has 17 heavy (non-hydrogen) atoms. The van der Waals surface area contributed by atoms with Crippen LogP contribution < -0.4 is 0 Å². The van der Waals surface area contributed by atoms with Crippen LogP contribution in [-0.4, -0.2) is 37.5 Å². The summed E-state index contributed by atoms with van der Waals surface area (Å²) in [4.78, 5) is -0.474. The van der Waals surface area contributed by atoms with Crippen molar-refractivity contribution < 1.29 is 22.3 Å². The third kappa shape index (κ3) is 2.99. The lowest BCUT2D eigenvalue weighted by atomic mass is 10.3. The number of benzene rings is 1. The van der Waals surface area contributed by atoms with E-state index in [1.807, 2.05) is 0 Å². The second-order valence-electron chi connectivity index (χ2n) is 3.66. The van der Waals surface area contributed by atoms with Crippen LogP contribution in [0.1, 0.15) is 6.92 Å². The Morgan fingerprint density at radius 2 is 1.76 bits per heavy atom. The molecule has 96 valence electrons. The molecule has 7 heteroatoms. The van der Waals surface area contributed by atoms with Crippen LogP contribution in [0, 0.1) is 11.6 Å². The quantitative estimate of drug-likeness (QED) is 0.882. The van der Waals surface area contributed by atoms with Crippen molar-refractivity contribution in [2.45, 2.75) is 17.9 Å². The number of nitrogens with zero attached hydrogens (tertiary/aromatic N) is 1. The molecule has 1 rings (SSSR count). The Labute approximate surface area is 98.5 Å². The highest BCUT2D eigenvalue weighted by molar-refractivity contribution is 7.89. The molecule has 4 nitrogen and oxygen atoms in total. The van der Waals surface area contributed by atoms with Gasteiger partial charge in [0.25, 0.3) is 0 Å². The standard InChI is InChI=1S/C10H13F2NO3S/c1-7(6-14)13(2)17(15,16)10-4-8(11)3-9(12)5-10/h3-5,7,14H,6H2,1-2H3. The van der Waals surface area contributed by atoms with Crippen LogP contribution >= 0.6 is 0 Å². The Kier molecular flexibility index (Phi) is 4.18. The van der Waals surface area contributed by atoms with Crippen molar-refractivity contribution in [1.29, 1.82) is 0 Å². The number of hydrogen-bond donors (Lipinski definition) is 1. The minimum absolute atomic E-state index is 0.381. The van der Waals surface area contributed by atoms with Gasteiger partial charge in [0.05, 0.1) is 11.5 Å². The molecule has 0 aromatic heterocycles. The molecule has 0 heterocycles. The largest absolute Gasteiger partial charge is 0.395 e. The van der Waals surface area contributed by atoms with Crippen LogP contribution in [0.4, 0.5) is 8.78 Å². The van der Waals surface area contributed by atoms with E-state index in [0.717, 1.165) is 16.4 Å². The van der Waals surface area contributed by atoms with E-state index in [0.29, 0.717) is 6.07 Å². The fourth-order valence-electron chi connectivity index (χ4n) is 1.20. The smallest absolute Gasteiger partial charge is 0.243 e. The number of aliphatic hydroxyl groups excluding tert-OH is 1.